The van der Waals surface area contributed by atoms with Crippen molar-refractivity contribution in [2.24, 2.45) is 0 Å². The maximum Gasteiger partial charge on any atom is 0.255 e. The quantitative estimate of drug-likeness (QED) is 0.0338. The van der Waals surface area contributed by atoms with Crippen LogP contribution in [0.4, 0.5) is 56.9 Å². The van der Waals surface area contributed by atoms with E-state index in [-0.39, 0.29) is 53.0 Å². The lowest BCUT2D eigenvalue weighted by molar-refractivity contribution is -0.115. The molecule has 7 amide bonds. The number of amides is 7. The summed E-state index contributed by atoms with van der Waals surface area (Å²) in [4.78, 5) is 111. The summed E-state index contributed by atoms with van der Waals surface area (Å²) in [7, 11) is 0. The van der Waals surface area contributed by atoms with Gasteiger partial charge in [-0.25, -0.2) is 0 Å². The molecule has 0 aromatic heterocycles. The smallest absolute Gasteiger partial charge is 0.255 e. The van der Waals surface area contributed by atoms with Crippen LogP contribution < -0.4 is 54.4 Å². The predicted octanol–water partition coefficient (Wildman–Crippen LogP) is 15.2. The summed E-state index contributed by atoms with van der Waals surface area (Å²) < 4.78 is 6.31. The summed E-state index contributed by atoms with van der Waals surface area (Å²) in [5.74, 6) is -2.86. The number of ketones is 1. The SMILES string of the molecule is Nc1ccc(N)cc1.Nc1ccc(NC(=O)c2ccccc2)cc1.O=C(Cl)c1ccccc1.O=C(Nc1ccc(NC(=O)c2cc(C(=O)Nc3ccc(NC(=O)c4ccccc4)cc3)cc(C(=O)Nc3ccc(NC(=O)c4ccccc4)cc3)c2)cc1)c1ccccc1.[2H]CC(C)=O. The van der Waals surface area contributed by atoms with Gasteiger partial charge in [-0.3, -0.25) is 38.4 Å². The second-order valence-electron chi connectivity index (χ2n) is 20.8. The number of carbonyl (C=O) groups is 9. The normalized spacial score (nSPS) is 10.0. The van der Waals surface area contributed by atoms with Gasteiger partial charge in [0.05, 0.1) is 0 Å². The fourth-order valence-corrected chi connectivity index (χ4v) is 8.47. The van der Waals surface area contributed by atoms with Gasteiger partial charge in [-0.05, 0) is 213 Å². The van der Waals surface area contributed by atoms with Crippen molar-refractivity contribution in [3.63, 3.8) is 0 Å². The first-order chi connectivity index (χ1) is 47.3. The highest BCUT2D eigenvalue weighted by Gasteiger charge is 2.19. The standard InChI is InChI=1S/C48H36N6O6.C13H12N2O.C7H5ClO.C6H8N2.C3H6O/c55-43(31-10-4-1-5-11-31)49-37-16-22-40(23-17-37)52-46(58)34-28-35(47(59)53-41-24-18-38(19-25-41)50-44(56)32-12-6-2-7-13-32)30-36(29-34)48(60)54-42-26-20-39(21-27-42)51-45(57)33-14-8-3-9-15-33;14-11-6-8-12(9-7-11)15-13(16)10-4-2-1-3-5-10;8-7(9)6-4-2-1-3-5-6;7-5-1-2-6(8)4-3-5;1-3(2)4/h1-30H,(H,49,55)(H,50,56)(H,51,57)(H,52,58)(H,53,59)(H,54,60);1-9H,14H2,(H,15,16);1-5H;1-4H,7-8H2;1-2H3/i;;;;1D. The van der Waals surface area contributed by atoms with Crippen molar-refractivity contribution in [2.45, 2.75) is 13.8 Å². The number of rotatable bonds is 15. The molecule has 486 valence electrons. The van der Waals surface area contributed by atoms with E-state index < -0.39 is 23.0 Å². The van der Waals surface area contributed by atoms with E-state index >= 15 is 0 Å². The van der Waals surface area contributed by atoms with Gasteiger partial charge in [-0.1, -0.05) is 103 Å². The molecule has 0 saturated carbocycles. The lowest BCUT2D eigenvalue weighted by Crippen LogP contribution is -2.19. The van der Waals surface area contributed by atoms with Gasteiger partial charge in [-0.2, -0.15) is 0 Å². The molecule has 0 radical (unpaired) electrons. The minimum Gasteiger partial charge on any atom is -0.399 e. The van der Waals surface area contributed by atoms with E-state index in [1.165, 1.54) is 25.1 Å². The molecular formula is C77H67ClN10O9. The number of nitrogens with two attached hydrogens (primary N) is 3. The molecule has 13 N–H and O–H groups in total. The molecule has 11 aromatic rings. The Hall–Kier alpha value is -13.3. The predicted molar refractivity (Wildman–Crippen MR) is 386 cm³/mol. The highest BCUT2D eigenvalue weighted by Crippen LogP contribution is 2.23. The van der Waals surface area contributed by atoms with Crippen LogP contribution in [0.2, 0.25) is 0 Å². The number of hydrogen-bond acceptors (Lipinski definition) is 12. The van der Waals surface area contributed by atoms with Crippen molar-refractivity contribution in [3.8, 4) is 0 Å². The first-order valence-electron chi connectivity index (χ1n) is 30.3. The molecule has 20 heteroatoms. The van der Waals surface area contributed by atoms with Crippen LogP contribution in [-0.2, 0) is 4.79 Å². The van der Waals surface area contributed by atoms with E-state index in [1.807, 2.05) is 42.5 Å². The highest BCUT2D eigenvalue weighted by molar-refractivity contribution is 6.67. The van der Waals surface area contributed by atoms with E-state index in [2.05, 4.69) is 37.2 Å². The molecule has 0 aliphatic heterocycles. The molecule has 0 aliphatic rings. The third-order valence-electron chi connectivity index (χ3n) is 13.2. The molecule has 0 aliphatic carbocycles. The van der Waals surface area contributed by atoms with Crippen LogP contribution in [-0.4, -0.2) is 52.4 Å². The van der Waals surface area contributed by atoms with Crippen LogP contribution in [0.15, 0.2) is 291 Å². The number of halogens is 1. The Labute approximate surface area is 566 Å². The van der Waals surface area contributed by atoms with Gasteiger partial charge in [0, 0.05) is 103 Å². The summed E-state index contributed by atoms with van der Waals surface area (Å²) in [5.41, 5.74) is 24.7. The van der Waals surface area contributed by atoms with E-state index in [0.29, 0.717) is 67.6 Å². The minimum absolute atomic E-state index is 0.0206. The van der Waals surface area contributed by atoms with E-state index in [1.54, 1.807) is 231 Å². The topological polar surface area (TPSA) is 316 Å². The summed E-state index contributed by atoms with van der Waals surface area (Å²) >= 11 is 5.16. The second kappa shape index (κ2) is 36.7. The number of carbonyl (C=O) groups excluding carboxylic acids is 9. The molecule has 0 atom stereocenters. The zero-order valence-corrected chi connectivity index (χ0v) is 53.0. The summed E-state index contributed by atoms with van der Waals surface area (Å²) in [6, 6.07) is 81.8. The molecule has 19 nitrogen and oxygen atoms in total. The number of Topliss-reactive ketones (excluding diaryl/α,β-unsaturated/α-hetero) is 1. The lowest BCUT2D eigenvalue weighted by Gasteiger charge is -2.13. The van der Waals surface area contributed by atoms with Crippen LogP contribution in [0.25, 0.3) is 0 Å². The monoisotopic (exact) mass is 1310 g/mol. The van der Waals surface area contributed by atoms with Crippen LogP contribution >= 0.6 is 11.6 Å². The van der Waals surface area contributed by atoms with Gasteiger partial charge >= 0.3 is 0 Å². The Morgan fingerprint density at radius 3 is 0.577 bits per heavy atom. The van der Waals surface area contributed by atoms with Crippen LogP contribution in [0.5, 0.6) is 0 Å². The highest BCUT2D eigenvalue weighted by atomic mass is 35.5. The summed E-state index contributed by atoms with van der Waals surface area (Å²) in [5, 5.41) is 19.2. The molecule has 0 heterocycles. The molecule has 11 rings (SSSR count). The van der Waals surface area contributed by atoms with Gasteiger partial charge in [-0.15, -0.1) is 0 Å². The molecule has 0 saturated heterocycles. The largest absolute Gasteiger partial charge is 0.399 e. The van der Waals surface area contributed by atoms with Crippen molar-refractivity contribution in [3.05, 3.63) is 336 Å². The van der Waals surface area contributed by atoms with Crippen LogP contribution in [0.3, 0.4) is 0 Å². The van der Waals surface area contributed by atoms with Gasteiger partial charge < -0.3 is 59.2 Å². The fourth-order valence-electron chi connectivity index (χ4n) is 8.34. The molecule has 0 bridgehead atoms. The zero-order valence-electron chi connectivity index (χ0n) is 53.2. The average Bonchev–Trinajstić information content (AvgIpc) is 0.828. The summed E-state index contributed by atoms with van der Waals surface area (Å²) in [6.45, 7) is 1.31. The van der Waals surface area contributed by atoms with Crippen molar-refractivity contribution in [1.29, 1.82) is 0 Å². The average molecular weight is 1310 g/mol. The van der Waals surface area contributed by atoms with E-state index in [4.69, 9.17) is 30.2 Å². The van der Waals surface area contributed by atoms with Crippen molar-refractivity contribution in [1.82, 2.24) is 0 Å². The van der Waals surface area contributed by atoms with Crippen LogP contribution in [0, 0.1) is 0 Å². The Kier molecular flexibility index (Phi) is 26.3. The zero-order chi connectivity index (χ0) is 70.2. The van der Waals surface area contributed by atoms with Crippen molar-refractivity contribution < 1.29 is 44.5 Å². The molecule has 0 unspecified atom stereocenters. The molecule has 0 fully saturated rings. The third-order valence-corrected chi connectivity index (χ3v) is 13.4. The van der Waals surface area contributed by atoms with Gasteiger partial charge in [0.15, 0.2) is 0 Å². The first-order valence-corrected chi connectivity index (χ1v) is 30.0. The number of benzene rings is 11. The summed E-state index contributed by atoms with van der Waals surface area (Å²) in [6.07, 6.45) is 0. The van der Waals surface area contributed by atoms with Gasteiger partial charge in [0.2, 0.25) is 0 Å². The molecule has 11 aromatic carbocycles. The third kappa shape index (κ3) is 24.4. The number of hydrogen-bond donors (Lipinski definition) is 10. The Bertz CT molecular complexity index is 4140. The van der Waals surface area contributed by atoms with Crippen molar-refractivity contribution in [2.75, 3.05) is 54.4 Å². The van der Waals surface area contributed by atoms with Crippen LogP contribution in [0.1, 0.15) is 98.1 Å². The molecule has 97 heavy (non-hydrogen) atoms. The molecule has 0 spiro atoms. The van der Waals surface area contributed by atoms with E-state index in [9.17, 15) is 43.2 Å². The van der Waals surface area contributed by atoms with Gasteiger partial charge in [0.1, 0.15) is 5.78 Å². The maximum absolute atomic E-state index is 13.7. The van der Waals surface area contributed by atoms with E-state index in [0.717, 1.165) is 17.1 Å². The second-order valence-corrected chi connectivity index (χ2v) is 21.1. The fraction of sp³-hybridized carbons (Fsp3) is 0.0260. The number of nitrogens with one attached hydrogen (secondary N) is 7. The minimum atomic E-state index is -0.600. The number of anilines is 10. The van der Waals surface area contributed by atoms with Crippen molar-refractivity contribution >= 4 is 121 Å². The Morgan fingerprint density at radius 1 is 0.258 bits per heavy atom. The lowest BCUT2D eigenvalue weighted by atomic mass is 10.0. The Balaban J connectivity index is 0.000000283. The first kappa shape index (κ1) is 69.6. The Morgan fingerprint density at radius 2 is 0.412 bits per heavy atom. The molecular weight excluding hydrogens is 1240 g/mol. The maximum atomic E-state index is 13.7. The number of nitrogen functional groups attached to an aromatic ring is 3. The van der Waals surface area contributed by atoms with Gasteiger partial charge in [0.25, 0.3) is 46.6 Å².